The molecule has 2 nitrogen and oxygen atoms in total. The molecular formula is C14H13BrFNO. The molecule has 2 aromatic rings. The molecule has 0 aliphatic rings. The van der Waals surface area contributed by atoms with E-state index in [9.17, 15) is 4.39 Å². The van der Waals surface area contributed by atoms with Gasteiger partial charge in [0.2, 0.25) is 0 Å². The first-order valence-corrected chi connectivity index (χ1v) is 6.39. The summed E-state index contributed by atoms with van der Waals surface area (Å²) in [5.41, 5.74) is 6.30. The maximum atomic E-state index is 13.4. The first-order valence-electron chi connectivity index (χ1n) is 5.60. The van der Waals surface area contributed by atoms with E-state index in [1.165, 1.54) is 12.1 Å². The number of benzene rings is 2. The van der Waals surface area contributed by atoms with Crippen molar-refractivity contribution in [3.63, 3.8) is 0 Å². The predicted octanol–water partition coefficient (Wildman–Crippen LogP) is 3.88. The highest BCUT2D eigenvalue weighted by Gasteiger charge is 2.03. The van der Waals surface area contributed by atoms with Crippen LogP contribution in [0.3, 0.4) is 0 Å². The molecule has 2 aromatic carbocycles. The van der Waals surface area contributed by atoms with E-state index in [1.807, 2.05) is 24.3 Å². The topological polar surface area (TPSA) is 35.2 Å². The van der Waals surface area contributed by atoms with Gasteiger partial charge in [-0.25, -0.2) is 4.39 Å². The third-order valence-electron chi connectivity index (χ3n) is 2.41. The van der Waals surface area contributed by atoms with Gasteiger partial charge in [0.25, 0.3) is 0 Å². The van der Waals surface area contributed by atoms with Crippen molar-refractivity contribution in [1.29, 1.82) is 0 Å². The molecule has 0 aliphatic heterocycles. The highest BCUT2D eigenvalue weighted by Crippen LogP contribution is 2.25. The Morgan fingerprint density at radius 3 is 2.44 bits per heavy atom. The number of rotatable bonds is 4. The van der Waals surface area contributed by atoms with E-state index >= 15 is 0 Å². The molecule has 0 atom stereocenters. The second-order valence-electron chi connectivity index (χ2n) is 3.89. The van der Waals surface area contributed by atoms with Crippen LogP contribution in [0.1, 0.15) is 5.56 Å². The van der Waals surface area contributed by atoms with Gasteiger partial charge in [0.05, 0.1) is 0 Å². The van der Waals surface area contributed by atoms with Gasteiger partial charge in [0, 0.05) is 10.5 Å². The Hall–Kier alpha value is -1.39. The minimum atomic E-state index is -0.312. The second kappa shape index (κ2) is 5.98. The van der Waals surface area contributed by atoms with Crippen molar-refractivity contribution in [3.05, 3.63) is 58.3 Å². The van der Waals surface area contributed by atoms with Crippen LogP contribution in [0.25, 0.3) is 0 Å². The first kappa shape index (κ1) is 13.1. The molecule has 2 rings (SSSR count). The molecule has 0 saturated carbocycles. The molecule has 94 valence electrons. The van der Waals surface area contributed by atoms with Crippen LogP contribution in [0.4, 0.5) is 4.39 Å². The summed E-state index contributed by atoms with van der Waals surface area (Å²) in [6.07, 6.45) is 0.633. The Morgan fingerprint density at radius 1 is 1.06 bits per heavy atom. The van der Waals surface area contributed by atoms with Gasteiger partial charge in [-0.3, -0.25) is 0 Å². The summed E-state index contributed by atoms with van der Waals surface area (Å²) < 4.78 is 20.0. The summed E-state index contributed by atoms with van der Waals surface area (Å²) in [6.45, 7) is 0.487. The molecular weight excluding hydrogens is 297 g/mol. The van der Waals surface area contributed by atoms with Gasteiger partial charge < -0.3 is 10.5 Å². The van der Waals surface area contributed by atoms with E-state index in [0.717, 1.165) is 10.0 Å². The second-order valence-corrected chi connectivity index (χ2v) is 4.81. The summed E-state index contributed by atoms with van der Waals surface area (Å²) in [7, 11) is 0. The Bertz CT molecular complexity index is 528. The summed E-state index contributed by atoms with van der Waals surface area (Å²) in [5.74, 6) is 0.844. The van der Waals surface area contributed by atoms with Crippen molar-refractivity contribution < 1.29 is 9.13 Å². The van der Waals surface area contributed by atoms with Crippen molar-refractivity contribution >= 4 is 15.9 Å². The van der Waals surface area contributed by atoms with Crippen molar-refractivity contribution in [2.24, 2.45) is 5.73 Å². The molecule has 0 unspecified atom stereocenters. The van der Waals surface area contributed by atoms with Gasteiger partial charge in [-0.1, -0.05) is 15.9 Å². The monoisotopic (exact) mass is 309 g/mol. The Labute approximate surface area is 114 Å². The fourth-order valence-electron chi connectivity index (χ4n) is 1.63. The minimum Gasteiger partial charge on any atom is -0.457 e. The number of hydrogen-bond acceptors (Lipinski definition) is 2. The van der Waals surface area contributed by atoms with E-state index < -0.39 is 0 Å². The highest BCUT2D eigenvalue weighted by atomic mass is 79.9. The maximum absolute atomic E-state index is 13.4. The average Bonchev–Trinajstić information content (AvgIpc) is 2.32. The van der Waals surface area contributed by atoms with Crippen LogP contribution in [0.2, 0.25) is 0 Å². The lowest BCUT2D eigenvalue weighted by molar-refractivity contribution is 0.475. The van der Waals surface area contributed by atoms with E-state index in [2.05, 4.69) is 15.9 Å². The molecule has 0 heterocycles. The van der Waals surface area contributed by atoms with Crippen LogP contribution in [-0.2, 0) is 6.42 Å². The van der Waals surface area contributed by atoms with E-state index in [4.69, 9.17) is 10.5 Å². The lowest BCUT2D eigenvalue weighted by Crippen LogP contribution is -2.03. The third-order valence-corrected chi connectivity index (χ3v) is 2.94. The zero-order chi connectivity index (χ0) is 13.0. The number of hydrogen-bond donors (Lipinski definition) is 1. The average molecular weight is 310 g/mol. The Kier molecular flexibility index (Phi) is 4.33. The molecule has 0 amide bonds. The number of nitrogens with two attached hydrogens (primary N) is 1. The van der Waals surface area contributed by atoms with Crippen molar-refractivity contribution in [1.82, 2.24) is 0 Å². The van der Waals surface area contributed by atoms with Gasteiger partial charge >= 0.3 is 0 Å². The van der Waals surface area contributed by atoms with Crippen LogP contribution in [0.5, 0.6) is 11.5 Å². The van der Waals surface area contributed by atoms with E-state index in [0.29, 0.717) is 24.5 Å². The van der Waals surface area contributed by atoms with Crippen molar-refractivity contribution in [3.8, 4) is 11.5 Å². The molecule has 18 heavy (non-hydrogen) atoms. The van der Waals surface area contributed by atoms with Crippen molar-refractivity contribution in [2.75, 3.05) is 6.54 Å². The van der Waals surface area contributed by atoms with Gasteiger partial charge in [-0.05, 0) is 54.9 Å². The number of halogens is 2. The van der Waals surface area contributed by atoms with Crippen LogP contribution in [0, 0.1) is 5.82 Å². The summed E-state index contributed by atoms with van der Waals surface area (Å²) >= 11 is 3.35. The normalized spacial score (nSPS) is 10.4. The predicted molar refractivity (Wildman–Crippen MR) is 73.4 cm³/mol. The van der Waals surface area contributed by atoms with Crippen LogP contribution in [-0.4, -0.2) is 6.54 Å². The molecule has 4 heteroatoms. The molecule has 0 aliphatic carbocycles. The number of ether oxygens (including phenoxy) is 1. The van der Waals surface area contributed by atoms with E-state index in [-0.39, 0.29) is 5.82 Å². The van der Waals surface area contributed by atoms with Gasteiger partial charge in [-0.2, -0.15) is 0 Å². The lowest BCUT2D eigenvalue weighted by Gasteiger charge is -2.08. The van der Waals surface area contributed by atoms with Gasteiger partial charge in [0.15, 0.2) is 0 Å². The molecule has 0 saturated heterocycles. The maximum Gasteiger partial charge on any atom is 0.130 e. The first-order chi connectivity index (χ1) is 8.67. The molecule has 0 bridgehead atoms. The van der Waals surface area contributed by atoms with Gasteiger partial charge in [0.1, 0.15) is 17.3 Å². The minimum absolute atomic E-state index is 0.312. The molecule has 0 radical (unpaired) electrons. The summed E-state index contributed by atoms with van der Waals surface area (Å²) in [6, 6.07) is 12.0. The molecule has 2 N–H and O–H groups in total. The van der Waals surface area contributed by atoms with Crippen molar-refractivity contribution in [2.45, 2.75) is 6.42 Å². The van der Waals surface area contributed by atoms with Gasteiger partial charge in [-0.15, -0.1) is 0 Å². The SMILES string of the molecule is NCCc1cc(F)cc(Oc2ccc(Br)cc2)c1. The molecule has 0 aromatic heterocycles. The smallest absolute Gasteiger partial charge is 0.130 e. The fraction of sp³-hybridized carbons (Fsp3) is 0.143. The third kappa shape index (κ3) is 3.55. The summed E-state index contributed by atoms with van der Waals surface area (Å²) in [5, 5.41) is 0. The quantitative estimate of drug-likeness (QED) is 0.930. The lowest BCUT2D eigenvalue weighted by atomic mass is 10.1. The van der Waals surface area contributed by atoms with E-state index in [1.54, 1.807) is 6.07 Å². The fourth-order valence-corrected chi connectivity index (χ4v) is 1.89. The zero-order valence-corrected chi connectivity index (χ0v) is 11.3. The standard InChI is InChI=1S/C14H13BrFNO/c15-11-1-3-13(4-2-11)18-14-8-10(5-6-17)7-12(16)9-14/h1-4,7-9H,5-6,17H2. The Balaban J connectivity index is 2.20. The Morgan fingerprint density at radius 2 is 1.78 bits per heavy atom. The van der Waals surface area contributed by atoms with Crippen LogP contribution >= 0.6 is 15.9 Å². The molecule has 0 spiro atoms. The highest BCUT2D eigenvalue weighted by molar-refractivity contribution is 9.10. The molecule has 0 fully saturated rings. The zero-order valence-electron chi connectivity index (χ0n) is 9.70. The van der Waals surface area contributed by atoms with Crippen LogP contribution in [0.15, 0.2) is 46.9 Å². The van der Waals surface area contributed by atoms with Crippen LogP contribution < -0.4 is 10.5 Å². The largest absolute Gasteiger partial charge is 0.457 e. The summed E-state index contributed by atoms with van der Waals surface area (Å²) in [4.78, 5) is 0.